The molecule has 2 N–H and O–H groups in total. The molecule has 0 radical (unpaired) electrons. The van der Waals surface area contributed by atoms with Crippen LogP contribution in [0.25, 0.3) is 0 Å². The normalized spacial score (nSPS) is 21.6. The maximum Gasteiger partial charge on any atom is 0.221 e. The van der Waals surface area contributed by atoms with Gasteiger partial charge in [-0.25, -0.2) is 0 Å². The van der Waals surface area contributed by atoms with Gasteiger partial charge in [-0.15, -0.1) is 0 Å². The van der Waals surface area contributed by atoms with Gasteiger partial charge in [0.15, 0.2) is 0 Å². The SMILES string of the molecule is CNC1CCCN(CCC(=O)NC2CC2)c2ccccc21. The fourth-order valence-electron chi connectivity index (χ4n) is 3.13. The van der Waals surface area contributed by atoms with E-state index < -0.39 is 0 Å². The number of rotatable bonds is 5. The van der Waals surface area contributed by atoms with Crippen LogP contribution in [0.5, 0.6) is 0 Å². The molecule has 1 aromatic rings. The third-order valence-corrected chi connectivity index (χ3v) is 4.47. The molecule has 1 atom stereocenters. The van der Waals surface area contributed by atoms with Crippen molar-refractivity contribution in [1.82, 2.24) is 10.6 Å². The van der Waals surface area contributed by atoms with E-state index in [1.807, 2.05) is 7.05 Å². The first kappa shape index (κ1) is 14.4. The Hall–Kier alpha value is -1.55. The van der Waals surface area contributed by atoms with Crippen molar-refractivity contribution in [3.63, 3.8) is 0 Å². The Morgan fingerprint density at radius 2 is 2.10 bits per heavy atom. The van der Waals surface area contributed by atoms with Crippen LogP contribution in [0.2, 0.25) is 0 Å². The number of hydrogen-bond acceptors (Lipinski definition) is 3. The predicted octanol–water partition coefficient (Wildman–Crippen LogP) is 2.22. The van der Waals surface area contributed by atoms with E-state index in [1.54, 1.807) is 0 Å². The number of carbonyl (C=O) groups excluding carboxylic acids is 1. The molecule has 0 saturated heterocycles. The fourth-order valence-corrected chi connectivity index (χ4v) is 3.13. The molecule has 1 unspecified atom stereocenters. The zero-order chi connectivity index (χ0) is 14.7. The van der Waals surface area contributed by atoms with Gasteiger partial charge >= 0.3 is 0 Å². The average molecular weight is 287 g/mol. The van der Waals surface area contributed by atoms with Crippen LogP contribution in [-0.2, 0) is 4.79 Å². The minimum Gasteiger partial charge on any atom is -0.371 e. The maximum absolute atomic E-state index is 11.9. The highest BCUT2D eigenvalue weighted by Crippen LogP contribution is 2.32. The standard InChI is InChI=1S/C17H25N3O/c1-18-15-6-4-11-20(16-7-3-2-5-14(15)16)12-10-17(21)19-13-8-9-13/h2-3,5,7,13,15,18H,4,6,8-12H2,1H3,(H,19,21). The molecule has 4 heteroatoms. The number of amides is 1. The molecule has 21 heavy (non-hydrogen) atoms. The summed E-state index contributed by atoms with van der Waals surface area (Å²) in [5.74, 6) is 0.199. The Labute approximate surface area is 126 Å². The van der Waals surface area contributed by atoms with Gasteiger partial charge in [-0.2, -0.15) is 0 Å². The van der Waals surface area contributed by atoms with Crippen LogP contribution in [0.15, 0.2) is 24.3 Å². The van der Waals surface area contributed by atoms with E-state index >= 15 is 0 Å². The zero-order valence-corrected chi connectivity index (χ0v) is 12.8. The molecule has 3 rings (SSSR count). The van der Waals surface area contributed by atoms with E-state index in [9.17, 15) is 4.79 Å². The van der Waals surface area contributed by atoms with Crippen molar-refractivity contribution in [2.24, 2.45) is 0 Å². The highest BCUT2D eigenvalue weighted by atomic mass is 16.1. The number of nitrogens with one attached hydrogen (secondary N) is 2. The minimum absolute atomic E-state index is 0.199. The first-order valence-electron chi connectivity index (χ1n) is 8.08. The molecule has 0 aromatic heterocycles. The van der Waals surface area contributed by atoms with E-state index in [4.69, 9.17) is 0 Å². The fraction of sp³-hybridized carbons (Fsp3) is 0.588. The monoisotopic (exact) mass is 287 g/mol. The molecule has 0 bridgehead atoms. The molecule has 1 amide bonds. The van der Waals surface area contributed by atoms with Gasteiger partial charge in [0.05, 0.1) is 0 Å². The molecule has 0 spiro atoms. The van der Waals surface area contributed by atoms with Crippen LogP contribution in [0.3, 0.4) is 0 Å². The van der Waals surface area contributed by atoms with Crippen molar-refractivity contribution >= 4 is 11.6 Å². The molecule has 1 aliphatic carbocycles. The molecule has 1 fully saturated rings. The second kappa shape index (κ2) is 6.48. The van der Waals surface area contributed by atoms with E-state index in [1.165, 1.54) is 11.3 Å². The molecule has 1 saturated carbocycles. The number of nitrogens with zero attached hydrogens (tertiary/aromatic N) is 1. The summed E-state index contributed by atoms with van der Waals surface area (Å²) in [6, 6.07) is 9.47. The van der Waals surface area contributed by atoms with Gasteiger partial charge in [-0.3, -0.25) is 4.79 Å². The van der Waals surface area contributed by atoms with Crippen LogP contribution < -0.4 is 15.5 Å². The van der Waals surface area contributed by atoms with Crippen molar-refractivity contribution in [3.05, 3.63) is 29.8 Å². The summed E-state index contributed by atoms with van der Waals surface area (Å²) < 4.78 is 0. The van der Waals surface area contributed by atoms with Gasteiger partial charge in [-0.05, 0) is 44.4 Å². The summed E-state index contributed by atoms with van der Waals surface area (Å²) in [6.07, 6.45) is 5.21. The Morgan fingerprint density at radius 3 is 2.86 bits per heavy atom. The quantitative estimate of drug-likeness (QED) is 0.873. The summed E-state index contributed by atoms with van der Waals surface area (Å²) in [7, 11) is 2.03. The number of anilines is 1. The number of para-hydroxylation sites is 1. The Bertz CT molecular complexity index is 499. The Kier molecular flexibility index (Phi) is 4.44. The summed E-state index contributed by atoms with van der Waals surface area (Å²) in [5, 5.41) is 6.49. The van der Waals surface area contributed by atoms with Gasteiger partial charge in [0.1, 0.15) is 0 Å². The van der Waals surface area contributed by atoms with Gasteiger partial charge in [-0.1, -0.05) is 18.2 Å². The second-order valence-electron chi connectivity index (χ2n) is 6.12. The first-order chi connectivity index (χ1) is 10.3. The van der Waals surface area contributed by atoms with E-state index in [0.717, 1.165) is 38.8 Å². The molecule has 1 heterocycles. The minimum atomic E-state index is 0.199. The van der Waals surface area contributed by atoms with Crippen LogP contribution in [0.4, 0.5) is 5.69 Å². The Morgan fingerprint density at radius 1 is 1.29 bits per heavy atom. The number of fused-ring (bicyclic) bond motifs is 1. The van der Waals surface area contributed by atoms with Crippen molar-refractivity contribution in [3.8, 4) is 0 Å². The first-order valence-corrected chi connectivity index (χ1v) is 8.08. The molecule has 114 valence electrons. The lowest BCUT2D eigenvalue weighted by Crippen LogP contribution is -2.32. The largest absolute Gasteiger partial charge is 0.371 e. The molecule has 4 nitrogen and oxygen atoms in total. The van der Waals surface area contributed by atoms with E-state index in [0.29, 0.717) is 18.5 Å². The van der Waals surface area contributed by atoms with Crippen molar-refractivity contribution in [1.29, 1.82) is 0 Å². The van der Waals surface area contributed by atoms with Gasteiger partial charge < -0.3 is 15.5 Å². The number of carbonyl (C=O) groups is 1. The number of benzene rings is 1. The number of hydrogen-bond donors (Lipinski definition) is 2. The average Bonchev–Trinajstić information content (AvgIpc) is 3.31. The highest BCUT2D eigenvalue weighted by Gasteiger charge is 2.24. The van der Waals surface area contributed by atoms with E-state index in [-0.39, 0.29) is 5.91 Å². The lowest BCUT2D eigenvalue weighted by molar-refractivity contribution is -0.121. The van der Waals surface area contributed by atoms with Gasteiger partial charge in [0.2, 0.25) is 5.91 Å². The van der Waals surface area contributed by atoms with Crippen molar-refractivity contribution < 1.29 is 4.79 Å². The van der Waals surface area contributed by atoms with Crippen LogP contribution >= 0.6 is 0 Å². The van der Waals surface area contributed by atoms with Crippen molar-refractivity contribution in [2.75, 3.05) is 25.0 Å². The topological polar surface area (TPSA) is 44.4 Å². The van der Waals surface area contributed by atoms with Crippen molar-refractivity contribution in [2.45, 2.75) is 44.2 Å². The lowest BCUT2D eigenvalue weighted by atomic mass is 10.0. The summed E-state index contributed by atoms with van der Waals surface area (Å²) in [6.45, 7) is 1.85. The zero-order valence-electron chi connectivity index (χ0n) is 12.8. The third-order valence-electron chi connectivity index (χ3n) is 4.47. The summed E-state index contributed by atoms with van der Waals surface area (Å²) in [4.78, 5) is 14.3. The van der Waals surface area contributed by atoms with Gasteiger partial charge in [0, 0.05) is 37.3 Å². The Balaban J connectivity index is 1.67. The second-order valence-corrected chi connectivity index (χ2v) is 6.12. The molecular weight excluding hydrogens is 262 g/mol. The molecule has 1 aliphatic heterocycles. The van der Waals surface area contributed by atoms with Crippen LogP contribution in [0.1, 0.15) is 43.7 Å². The van der Waals surface area contributed by atoms with Crippen LogP contribution in [0, 0.1) is 0 Å². The third kappa shape index (κ3) is 3.56. The van der Waals surface area contributed by atoms with Gasteiger partial charge in [0.25, 0.3) is 0 Å². The lowest BCUT2D eigenvalue weighted by Gasteiger charge is -2.25. The van der Waals surface area contributed by atoms with Crippen LogP contribution in [-0.4, -0.2) is 32.1 Å². The maximum atomic E-state index is 11.9. The predicted molar refractivity (Wildman–Crippen MR) is 85.5 cm³/mol. The molecule has 1 aromatic carbocycles. The van der Waals surface area contributed by atoms with E-state index in [2.05, 4.69) is 39.8 Å². The molecular formula is C17H25N3O. The summed E-state index contributed by atoms with van der Waals surface area (Å²) in [5.41, 5.74) is 2.65. The summed E-state index contributed by atoms with van der Waals surface area (Å²) >= 11 is 0. The molecule has 2 aliphatic rings. The highest BCUT2D eigenvalue weighted by molar-refractivity contribution is 5.77. The smallest absolute Gasteiger partial charge is 0.221 e.